The van der Waals surface area contributed by atoms with Crippen molar-refractivity contribution < 1.29 is 14.4 Å². The average Bonchev–Trinajstić information content (AvgIpc) is 2.44. The van der Waals surface area contributed by atoms with Crippen LogP contribution in [0.3, 0.4) is 0 Å². The molecule has 0 saturated heterocycles. The number of primary amides is 1. The number of carbonyl (C=O) groups is 3. The molecule has 0 saturated carbocycles. The van der Waals surface area contributed by atoms with E-state index < -0.39 is 18.0 Å². The van der Waals surface area contributed by atoms with Crippen molar-refractivity contribution >= 4 is 17.7 Å². The van der Waals surface area contributed by atoms with E-state index in [4.69, 9.17) is 5.73 Å². The van der Waals surface area contributed by atoms with E-state index in [-0.39, 0.29) is 17.7 Å². The third kappa shape index (κ3) is 5.66. The van der Waals surface area contributed by atoms with Crippen LogP contribution in [0.2, 0.25) is 0 Å². The molecule has 0 rings (SSSR count). The van der Waals surface area contributed by atoms with Crippen LogP contribution < -0.4 is 5.73 Å². The van der Waals surface area contributed by atoms with Gasteiger partial charge in [0.15, 0.2) is 0 Å². The van der Waals surface area contributed by atoms with Crippen molar-refractivity contribution in [2.75, 3.05) is 14.1 Å². The van der Waals surface area contributed by atoms with Crippen molar-refractivity contribution in [3.05, 3.63) is 0 Å². The third-order valence-corrected chi connectivity index (χ3v) is 3.83. The zero-order valence-corrected chi connectivity index (χ0v) is 14.8. The number of hydrogen-bond acceptors (Lipinski definition) is 3. The first-order valence-corrected chi connectivity index (χ1v) is 7.98. The molecule has 3 amide bonds. The molecule has 0 spiro atoms. The largest absolute Gasteiger partial charge is 0.368 e. The van der Waals surface area contributed by atoms with Gasteiger partial charge in [0.1, 0.15) is 12.1 Å². The molecule has 128 valence electrons. The maximum absolute atomic E-state index is 12.7. The van der Waals surface area contributed by atoms with Crippen LogP contribution in [0, 0.1) is 5.92 Å². The van der Waals surface area contributed by atoms with E-state index in [9.17, 15) is 14.4 Å². The summed E-state index contributed by atoms with van der Waals surface area (Å²) in [5, 5.41) is 0. The quantitative estimate of drug-likeness (QED) is 0.698. The molecule has 0 aromatic carbocycles. The minimum Gasteiger partial charge on any atom is -0.368 e. The molecule has 0 bridgehead atoms. The summed E-state index contributed by atoms with van der Waals surface area (Å²) >= 11 is 0. The Hall–Kier alpha value is -1.59. The van der Waals surface area contributed by atoms with E-state index in [1.807, 2.05) is 27.7 Å². The van der Waals surface area contributed by atoms with Crippen LogP contribution >= 0.6 is 0 Å². The van der Waals surface area contributed by atoms with Gasteiger partial charge in [-0.1, -0.05) is 27.7 Å². The summed E-state index contributed by atoms with van der Waals surface area (Å²) in [6.45, 7) is 7.73. The predicted octanol–water partition coefficient (Wildman–Crippen LogP) is 1.38. The minimum atomic E-state index is -0.642. The molecule has 0 aliphatic heterocycles. The highest BCUT2D eigenvalue weighted by Crippen LogP contribution is 2.15. The predicted molar refractivity (Wildman–Crippen MR) is 87.0 cm³/mol. The summed E-state index contributed by atoms with van der Waals surface area (Å²) in [6, 6.07) is -1.20. The van der Waals surface area contributed by atoms with Gasteiger partial charge in [-0.25, -0.2) is 0 Å². The second-order valence-electron chi connectivity index (χ2n) is 6.18. The SMILES string of the molecule is CCCC(=O)N(C)C(CC)C(=O)N(C)[C@@H](CC(C)C)C(N)=O. The molecule has 6 heteroatoms. The molecule has 2 N–H and O–H groups in total. The average molecular weight is 313 g/mol. The van der Waals surface area contributed by atoms with Crippen LogP contribution in [-0.2, 0) is 14.4 Å². The highest BCUT2D eigenvalue weighted by Gasteiger charge is 2.32. The molecule has 0 fully saturated rings. The maximum Gasteiger partial charge on any atom is 0.245 e. The normalized spacial score (nSPS) is 13.6. The molecule has 1 unspecified atom stereocenters. The number of amides is 3. The molecule has 0 aliphatic carbocycles. The summed E-state index contributed by atoms with van der Waals surface area (Å²) in [4.78, 5) is 39.2. The monoisotopic (exact) mass is 313 g/mol. The van der Waals surface area contributed by atoms with Crippen LogP contribution in [0.5, 0.6) is 0 Å². The topological polar surface area (TPSA) is 83.7 Å². The number of carbonyl (C=O) groups excluding carboxylic acids is 3. The van der Waals surface area contributed by atoms with Crippen molar-refractivity contribution in [1.82, 2.24) is 9.80 Å². The number of nitrogens with zero attached hydrogens (tertiary/aromatic N) is 2. The number of likely N-dealkylation sites (N-methyl/N-ethyl adjacent to an activating group) is 2. The van der Waals surface area contributed by atoms with Gasteiger partial charge in [-0.3, -0.25) is 14.4 Å². The van der Waals surface area contributed by atoms with E-state index in [1.165, 1.54) is 9.80 Å². The van der Waals surface area contributed by atoms with E-state index in [1.54, 1.807) is 14.1 Å². The summed E-state index contributed by atoms with van der Waals surface area (Å²) in [5.74, 6) is -0.566. The second kappa shape index (κ2) is 9.43. The Labute approximate surface area is 134 Å². The van der Waals surface area contributed by atoms with Crippen molar-refractivity contribution in [1.29, 1.82) is 0 Å². The molecule has 2 atom stereocenters. The second-order valence-corrected chi connectivity index (χ2v) is 6.18. The number of nitrogens with two attached hydrogens (primary N) is 1. The lowest BCUT2D eigenvalue weighted by Gasteiger charge is -2.34. The Morgan fingerprint density at radius 3 is 1.91 bits per heavy atom. The molecule has 22 heavy (non-hydrogen) atoms. The van der Waals surface area contributed by atoms with Crippen LogP contribution in [-0.4, -0.2) is 53.7 Å². The van der Waals surface area contributed by atoms with Crippen molar-refractivity contribution in [3.63, 3.8) is 0 Å². The Kier molecular flexibility index (Phi) is 8.75. The maximum atomic E-state index is 12.7. The lowest BCUT2D eigenvalue weighted by Crippen LogP contribution is -2.54. The molecule has 6 nitrogen and oxygen atoms in total. The fraction of sp³-hybridized carbons (Fsp3) is 0.812. The summed E-state index contributed by atoms with van der Waals surface area (Å²) in [7, 11) is 3.22. The van der Waals surface area contributed by atoms with E-state index in [0.717, 1.165) is 6.42 Å². The minimum absolute atomic E-state index is 0.0596. The van der Waals surface area contributed by atoms with Gasteiger partial charge in [0.25, 0.3) is 0 Å². The number of hydrogen-bond donors (Lipinski definition) is 1. The van der Waals surface area contributed by atoms with Crippen LogP contribution in [0.15, 0.2) is 0 Å². The molecule has 0 heterocycles. The van der Waals surface area contributed by atoms with Crippen molar-refractivity contribution in [2.24, 2.45) is 11.7 Å². The lowest BCUT2D eigenvalue weighted by molar-refractivity contribution is -0.147. The van der Waals surface area contributed by atoms with Crippen molar-refractivity contribution in [2.45, 2.75) is 65.5 Å². The number of rotatable bonds is 9. The van der Waals surface area contributed by atoms with Crippen molar-refractivity contribution in [3.8, 4) is 0 Å². The summed E-state index contributed by atoms with van der Waals surface area (Å²) in [6.07, 6.45) is 2.17. The Morgan fingerprint density at radius 2 is 1.55 bits per heavy atom. The first-order valence-electron chi connectivity index (χ1n) is 7.98. The Balaban J connectivity index is 5.14. The van der Waals surface area contributed by atoms with Gasteiger partial charge in [0, 0.05) is 20.5 Å². The molecular formula is C16H31N3O3. The molecule has 0 aliphatic rings. The first kappa shape index (κ1) is 20.4. The van der Waals surface area contributed by atoms with Crippen LogP contribution in [0.1, 0.15) is 53.4 Å². The van der Waals surface area contributed by atoms with E-state index in [2.05, 4.69) is 0 Å². The van der Waals surface area contributed by atoms with E-state index in [0.29, 0.717) is 19.3 Å². The Morgan fingerprint density at radius 1 is 1.00 bits per heavy atom. The first-order chi connectivity index (χ1) is 10.2. The highest BCUT2D eigenvalue weighted by molar-refractivity contribution is 5.91. The highest BCUT2D eigenvalue weighted by atomic mass is 16.2. The Bertz CT molecular complexity index is 396. The molecular weight excluding hydrogens is 282 g/mol. The van der Waals surface area contributed by atoms with Gasteiger partial charge in [-0.05, 0) is 25.2 Å². The fourth-order valence-corrected chi connectivity index (χ4v) is 2.48. The standard InChI is InChI=1S/C16H31N3O3/c1-7-9-14(20)18(5)12(8-2)16(22)19(6)13(15(17)21)10-11(3)4/h11-13H,7-10H2,1-6H3,(H2,17,21)/t12?,13-/m0/s1. The molecule has 0 aromatic rings. The zero-order valence-electron chi connectivity index (χ0n) is 14.8. The summed E-state index contributed by atoms with van der Waals surface area (Å²) in [5.41, 5.74) is 5.44. The van der Waals surface area contributed by atoms with Gasteiger partial charge < -0.3 is 15.5 Å². The van der Waals surface area contributed by atoms with Crippen LogP contribution in [0.25, 0.3) is 0 Å². The lowest BCUT2D eigenvalue weighted by atomic mass is 10.0. The molecule has 0 radical (unpaired) electrons. The smallest absolute Gasteiger partial charge is 0.245 e. The molecule has 0 aromatic heterocycles. The van der Waals surface area contributed by atoms with Gasteiger partial charge in [-0.15, -0.1) is 0 Å². The van der Waals surface area contributed by atoms with Gasteiger partial charge in [0.05, 0.1) is 0 Å². The zero-order chi connectivity index (χ0) is 17.4. The fourth-order valence-electron chi connectivity index (χ4n) is 2.48. The van der Waals surface area contributed by atoms with Crippen LogP contribution in [0.4, 0.5) is 0 Å². The van der Waals surface area contributed by atoms with Gasteiger partial charge in [-0.2, -0.15) is 0 Å². The summed E-state index contributed by atoms with van der Waals surface area (Å²) < 4.78 is 0. The third-order valence-electron chi connectivity index (χ3n) is 3.83. The van der Waals surface area contributed by atoms with Gasteiger partial charge in [0.2, 0.25) is 17.7 Å². The van der Waals surface area contributed by atoms with Gasteiger partial charge >= 0.3 is 0 Å². The van der Waals surface area contributed by atoms with E-state index >= 15 is 0 Å².